The first kappa shape index (κ1) is 17.3. The Bertz CT molecular complexity index is 567. The predicted octanol–water partition coefficient (Wildman–Crippen LogP) is 3.56. The molecule has 0 heterocycles. The third-order valence-corrected chi connectivity index (χ3v) is 4.25. The highest BCUT2D eigenvalue weighted by atomic mass is 16.5. The molecule has 1 N–H and O–H groups in total. The maximum absolute atomic E-state index is 12.8. The Labute approximate surface area is 136 Å². The van der Waals surface area contributed by atoms with E-state index in [1.807, 2.05) is 13.8 Å². The van der Waals surface area contributed by atoms with Crippen molar-refractivity contribution in [1.29, 1.82) is 0 Å². The Hall–Kier alpha value is -2.04. The van der Waals surface area contributed by atoms with Crippen molar-refractivity contribution in [3.8, 4) is 11.5 Å². The molecule has 1 aliphatic rings. The summed E-state index contributed by atoms with van der Waals surface area (Å²) in [5.74, 6) is -0.889. The van der Waals surface area contributed by atoms with Crippen LogP contribution in [0.25, 0.3) is 0 Å². The molecule has 1 fully saturated rings. The smallest absolute Gasteiger partial charge is 0.307 e. The molecule has 1 aromatic rings. The zero-order valence-electron chi connectivity index (χ0n) is 13.7. The van der Waals surface area contributed by atoms with Gasteiger partial charge in [0, 0.05) is 11.5 Å². The maximum atomic E-state index is 12.8. The Morgan fingerprint density at radius 1 is 1.04 bits per heavy atom. The van der Waals surface area contributed by atoms with Crippen LogP contribution in [0.4, 0.5) is 0 Å². The van der Waals surface area contributed by atoms with E-state index in [0.29, 0.717) is 43.1 Å². The molecule has 1 saturated carbocycles. The Kier molecular flexibility index (Phi) is 6.02. The van der Waals surface area contributed by atoms with E-state index in [1.165, 1.54) is 0 Å². The average molecular weight is 320 g/mol. The summed E-state index contributed by atoms with van der Waals surface area (Å²) in [6.45, 7) is 4.73. The van der Waals surface area contributed by atoms with Crippen LogP contribution in [0.15, 0.2) is 18.2 Å². The zero-order valence-corrected chi connectivity index (χ0v) is 13.7. The van der Waals surface area contributed by atoms with Crippen LogP contribution in [0.2, 0.25) is 0 Å². The Balaban J connectivity index is 2.27. The van der Waals surface area contributed by atoms with Crippen LogP contribution in [0.3, 0.4) is 0 Å². The molecule has 5 heteroatoms. The van der Waals surface area contributed by atoms with Gasteiger partial charge in [-0.3, -0.25) is 9.59 Å². The average Bonchev–Trinajstić information content (AvgIpc) is 2.56. The van der Waals surface area contributed by atoms with Gasteiger partial charge >= 0.3 is 5.97 Å². The minimum Gasteiger partial charge on any atom is -0.490 e. The van der Waals surface area contributed by atoms with E-state index in [2.05, 4.69) is 0 Å². The molecule has 0 amide bonds. The predicted molar refractivity (Wildman–Crippen MR) is 86.2 cm³/mol. The van der Waals surface area contributed by atoms with Crippen molar-refractivity contribution in [3.63, 3.8) is 0 Å². The minimum absolute atomic E-state index is 0.110. The molecule has 0 aromatic heterocycles. The summed E-state index contributed by atoms with van der Waals surface area (Å²) in [4.78, 5) is 24.2. The summed E-state index contributed by atoms with van der Waals surface area (Å²) in [5.41, 5.74) is 0.495. The van der Waals surface area contributed by atoms with Gasteiger partial charge in [0.05, 0.1) is 19.1 Å². The van der Waals surface area contributed by atoms with E-state index < -0.39 is 17.8 Å². The van der Waals surface area contributed by atoms with Crippen LogP contribution in [-0.4, -0.2) is 30.1 Å². The van der Waals surface area contributed by atoms with Crippen LogP contribution in [0.5, 0.6) is 11.5 Å². The number of hydrogen-bond donors (Lipinski definition) is 1. The molecule has 23 heavy (non-hydrogen) atoms. The van der Waals surface area contributed by atoms with Gasteiger partial charge in [0.1, 0.15) is 0 Å². The third-order valence-electron chi connectivity index (χ3n) is 4.25. The maximum Gasteiger partial charge on any atom is 0.307 e. The summed E-state index contributed by atoms with van der Waals surface area (Å²) in [6.07, 6.45) is 2.97. The van der Waals surface area contributed by atoms with Gasteiger partial charge in [-0.05, 0) is 44.9 Å². The molecule has 0 unspecified atom stereocenters. The standard InChI is InChI=1S/C18H24O5/c1-3-22-15-10-9-12(11-16(15)23-4-2)17(19)13-7-5-6-8-14(13)18(20)21/h9-11,13-14H,3-8H2,1-2H3,(H,20,21)/t13-,14+/m0/s1. The Morgan fingerprint density at radius 2 is 1.65 bits per heavy atom. The first-order valence-corrected chi connectivity index (χ1v) is 8.25. The second kappa shape index (κ2) is 7.99. The first-order chi connectivity index (χ1) is 11.1. The molecule has 2 rings (SSSR count). The van der Waals surface area contributed by atoms with E-state index in [1.54, 1.807) is 18.2 Å². The van der Waals surface area contributed by atoms with Gasteiger partial charge < -0.3 is 14.6 Å². The zero-order chi connectivity index (χ0) is 16.8. The highest BCUT2D eigenvalue weighted by Crippen LogP contribution is 2.35. The summed E-state index contributed by atoms with van der Waals surface area (Å²) in [7, 11) is 0. The molecule has 0 bridgehead atoms. The van der Waals surface area contributed by atoms with Gasteiger partial charge in [-0.2, -0.15) is 0 Å². The lowest BCUT2D eigenvalue weighted by Gasteiger charge is -2.27. The van der Waals surface area contributed by atoms with E-state index in [-0.39, 0.29) is 5.78 Å². The van der Waals surface area contributed by atoms with Crippen LogP contribution in [-0.2, 0) is 4.79 Å². The normalized spacial score (nSPS) is 20.8. The number of carbonyl (C=O) groups excluding carboxylic acids is 1. The van der Waals surface area contributed by atoms with Gasteiger partial charge in [-0.25, -0.2) is 0 Å². The molecule has 1 aliphatic carbocycles. The number of carboxylic acids is 1. The molecule has 5 nitrogen and oxygen atoms in total. The van der Waals surface area contributed by atoms with Crippen molar-refractivity contribution in [2.75, 3.05) is 13.2 Å². The second-order valence-electron chi connectivity index (χ2n) is 5.73. The number of aliphatic carboxylic acids is 1. The van der Waals surface area contributed by atoms with Gasteiger partial charge in [-0.15, -0.1) is 0 Å². The molecule has 2 atom stereocenters. The summed E-state index contributed by atoms with van der Waals surface area (Å²) < 4.78 is 11.0. The number of hydrogen-bond acceptors (Lipinski definition) is 4. The van der Waals surface area contributed by atoms with Crippen molar-refractivity contribution >= 4 is 11.8 Å². The number of ether oxygens (including phenoxy) is 2. The molecular weight excluding hydrogens is 296 g/mol. The molecule has 126 valence electrons. The van der Waals surface area contributed by atoms with Crippen molar-refractivity contribution in [3.05, 3.63) is 23.8 Å². The van der Waals surface area contributed by atoms with Crippen LogP contribution in [0, 0.1) is 11.8 Å². The summed E-state index contributed by atoms with van der Waals surface area (Å²) in [6, 6.07) is 5.09. The van der Waals surface area contributed by atoms with Gasteiger partial charge in [0.2, 0.25) is 0 Å². The molecular formula is C18H24O5. The monoisotopic (exact) mass is 320 g/mol. The molecule has 0 radical (unpaired) electrons. The number of carboxylic acid groups (broad SMARTS) is 1. The molecule has 0 spiro atoms. The summed E-state index contributed by atoms with van der Waals surface area (Å²) >= 11 is 0. The van der Waals surface area contributed by atoms with Gasteiger partial charge in [0.25, 0.3) is 0 Å². The van der Waals surface area contributed by atoms with Crippen LogP contribution >= 0.6 is 0 Å². The van der Waals surface area contributed by atoms with Crippen molar-refractivity contribution in [2.24, 2.45) is 11.8 Å². The number of carbonyl (C=O) groups is 2. The number of benzene rings is 1. The lowest BCUT2D eigenvalue weighted by molar-refractivity contribution is -0.144. The lowest BCUT2D eigenvalue weighted by atomic mass is 9.75. The topological polar surface area (TPSA) is 72.8 Å². The third kappa shape index (κ3) is 4.03. The molecule has 1 aromatic carbocycles. The lowest BCUT2D eigenvalue weighted by Crippen LogP contribution is -2.32. The van der Waals surface area contributed by atoms with Crippen LogP contribution < -0.4 is 9.47 Å². The highest BCUT2D eigenvalue weighted by Gasteiger charge is 2.36. The Morgan fingerprint density at radius 3 is 2.26 bits per heavy atom. The van der Waals surface area contributed by atoms with Crippen LogP contribution in [0.1, 0.15) is 49.9 Å². The molecule has 0 aliphatic heterocycles. The van der Waals surface area contributed by atoms with E-state index >= 15 is 0 Å². The number of rotatable bonds is 7. The van der Waals surface area contributed by atoms with E-state index in [4.69, 9.17) is 9.47 Å². The van der Waals surface area contributed by atoms with Crippen molar-refractivity contribution in [2.45, 2.75) is 39.5 Å². The largest absolute Gasteiger partial charge is 0.490 e. The number of ketones is 1. The SMILES string of the molecule is CCOc1ccc(C(=O)[C@H]2CCCC[C@H]2C(=O)O)cc1OCC. The fourth-order valence-electron chi connectivity index (χ4n) is 3.16. The first-order valence-electron chi connectivity index (χ1n) is 8.25. The quantitative estimate of drug-likeness (QED) is 0.778. The van der Waals surface area contributed by atoms with E-state index in [0.717, 1.165) is 12.8 Å². The summed E-state index contributed by atoms with van der Waals surface area (Å²) in [5, 5.41) is 9.36. The molecule has 0 saturated heterocycles. The second-order valence-corrected chi connectivity index (χ2v) is 5.73. The van der Waals surface area contributed by atoms with Crippen molar-refractivity contribution < 1.29 is 24.2 Å². The highest BCUT2D eigenvalue weighted by molar-refractivity contribution is 6.00. The van der Waals surface area contributed by atoms with Gasteiger partial charge in [0.15, 0.2) is 17.3 Å². The minimum atomic E-state index is -0.876. The van der Waals surface area contributed by atoms with Gasteiger partial charge in [-0.1, -0.05) is 12.8 Å². The number of Topliss-reactive ketones (excluding diaryl/α,β-unsaturated/α-hetero) is 1. The van der Waals surface area contributed by atoms with E-state index in [9.17, 15) is 14.7 Å². The fraction of sp³-hybridized carbons (Fsp3) is 0.556. The fourth-order valence-corrected chi connectivity index (χ4v) is 3.16. The van der Waals surface area contributed by atoms with Crippen molar-refractivity contribution in [1.82, 2.24) is 0 Å².